The third kappa shape index (κ3) is 2.03. The fourth-order valence-electron chi connectivity index (χ4n) is 2.50. The predicted octanol–water partition coefficient (Wildman–Crippen LogP) is 3.29. The summed E-state index contributed by atoms with van der Waals surface area (Å²) in [6.45, 7) is 0. The fourth-order valence-corrected chi connectivity index (χ4v) is 2.50. The van der Waals surface area contributed by atoms with Crippen molar-refractivity contribution in [2.45, 2.75) is 6.18 Å². The Morgan fingerprint density at radius 2 is 2.09 bits per heavy atom. The van der Waals surface area contributed by atoms with Crippen LogP contribution in [0.5, 0.6) is 0 Å². The number of nitrogens with one attached hydrogen (secondary N) is 1. The summed E-state index contributed by atoms with van der Waals surface area (Å²) in [5, 5.41) is 13.4. The number of carboxylic acids is 1. The largest absolute Gasteiger partial charge is 0.478 e. The van der Waals surface area contributed by atoms with Crippen molar-refractivity contribution >= 4 is 16.9 Å². The number of aromatic carboxylic acids is 1. The number of carboxylic acid groups (broad SMARTS) is 1. The lowest BCUT2D eigenvalue weighted by Gasteiger charge is -2.08. The molecule has 114 valence electrons. The van der Waals surface area contributed by atoms with Gasteiger partial charge in [0.25, 0.3) is 0 Å². The van der Waals surface area contributed by atoms with Gasteiger partial charge in [-0.3, -0.25) is 4.68 Å². The summed E-state index contributed by atoms with van der Waals surface area (Å²) < 4.78 is 40.4. The first-order chi connectivity index (χ1) is 10.3. The van der Waals surface area contributed by atoms with Crippen LogP contribution in [0.1, 0.15) is 15.9 Å². The first-order valence-electron chi connectivity index (χ1n) is 6.23. The van der Waals surface area contributed by atoms with Gasteiger partial charge in [0.15, 0.2) is 0 Å². The fraction of sp³-hybridized carbons (Fsp3) is 0.143. The SMILES string of the molecule is Cn1ncc(C(=O)O)c1-c1c[nH]c2c(C(F)(F)F)cccc12. The van der Waals surface area contributed by atoms with E-state index in [1.165, 1.54) is 36.3 Å². The third-order valence-electron chi connectivity index (χ3n) is 3.45. The molecule has 22 heavy (non-hydrogen) atoms. The minimum Gasteiger partial charge on any atom is -0.478 e. The number of nitrogens with zero attached hydrogens (tertiary/aromatic N) is 2. The Balaban J connectivity index is 2.31. The van der Waals surface area contributed by atoms with Gasteiger partial charge in [0.1, 0.15) is 5.56 Å². The predicted molar refractivity (Wildman–Crippen MR) is 72.5 cm³/mol. The number of para-hydroxylation sites is 1. The molecule has 0 spiro atoms. The van der Waals surface area contributed by atoms with Crippen LogP contribution in [-0.2, 0) is 13.2 Å². The number of aromatic nitrogens is 3. The molecule has 0 saturated heterocycles. The lowest BCUT2D eigenvalue weighted by molar-refractivity contribution is -0.136. The molecule has 5 nitrogen and oxygen atoms in total. The average Bonchev–Trinajstić information content (AvgIpc) is 3.00. The zero-order chi connectivity index (χ0) is 16.1. The van der Waals surface area contributed by atoms with Gasteiger partial charge in [0, 0.05) is 24.2 Å². The second-order valence-corrected chi connectivity index (χ2v) is 4.76. The molecule has 3 rings (SSSR count). The van der Waals surface area contributed by atoms with Crippen molar-refractivity contribution in [1.82, 2.24) is 14.8 Å². The highest BCUT2D eigenvalue weighted by Gasteiger charge is 2.33. The van der Waals surface area contributed by atoms with Gasteiger partial charge in [-0.25, -0.2) is 4.79 Å². The molecular formula is C14H10F3N3O2. The van der Waals surface area contributed by atoms with Crippen LogP contribution in [0.3, 0.4) is 0 Å². The molecular weight excluding hydrogens is 299 g/mol. The maximum absolute atomic E-state index is 13.0. The number of rotatable bonds is 2. The van der Waals surface area contributed by atoms with Crippen LogP contribution in [0, 0.1) is 0 Å². The zero-order valence-corrected chi connectivity index (χ0v) is 11.3. The summed E-state index contributed by atoms with van der Waals surface area (Å²) in [4.78, 5) is 13.8. The van der Waals surface area contributed by atoms with E-state index in [0.717, 1.165) is 6.07 Å². The van der Waals surface area contributed by atoms with E-state index in [1.54, 1.807) is 0 Å². The van der Waals surface area contributed by atoms with E-state index < -0.39 is 17.7 Å². The highest BCUT2D eigenvalue weighted by molar-refractivity contribution is 6.02. The summed E-state index contributed by atoms with van der Waals surface area (Å²) in [6.07, 6.45) is -1.96. The number of carbonyl (C=O) groups is 1. The smallest absolute Gasteiger partial charge is 0.418 e. The normalized spacial score (nSPS) is 12.0. The Labute approximate surface area is 122 Å². The highest BCUT2D eigenvalue weighted by atomic mass is 19.4. The minimum atomic E-state index is -4.50. The van der Waals surface area contributed by atoms with Crippen molar-refractivity contribution < 1.29 is 23.1 Å². The Hall–Kier alpha value is -2.77. The van der Waals surface area contributed by atoms with Crippen LogP contribution < -0.4 is 0 Å². The van der Waals surface area contributed by atoms with Gasteiger partial charge in [0.05, 0.1) is 23.0 Å². The Morgan fingerprint density at radius 1 is 1.36 bits per heavy atom. The number of aromatic amines is 1. The second-order valence-electron chi connectivity index (χ2n) is 4.76. The molecule has 0 saturated carbocycles. The Morgan fingerprint density at radius 3 is 2.73 bits per heavy atom. The number of alkyl halides is 3. The van der Waals surface area contributed by atoms with E-state index in [-0.39, 0.29) is 16.8 Å². The van der Waals surface area contributed by atoms with Gasteiger partial charge < -0.3 is 10.1 Å². The van der Waals surface area contributed by atoms with Crippen molar-refractivity contribution in [3.8, 4) is 11.3 Å². The average molecular weight is 309 g/mol. The molecule has 1 aromatic carbocycles. The molecule has 2 N–H and O–H groups in total. The molecule has 0 bridgehead atoms. The number of hydrogen-bond donors (Lipinski definition) is 2. The van der Waals surface area contributed by atoms with Gasteiger partial charge >= 0.3 is 12.1 Å². The van der Waals surface area contributed by atoms with E-state index in [2.05, 4.69) is 10.1 Å². The zero-order valence-electron chi connectivity index (χ0n) is 11.3. The Kier molecular flexibility index (Phi) is 2.98. The molecule has 0 aliphatic rings. The van der Waals surface area contributed by atoms with Crippen LogP contribution in [0.4, 0.5) is 13.2 Å². The van der Waals surface area contributed by atoms with Crippen LogP contribution in [0.25, 0.3) is 22.2 Å². The summed E-state index contributed by atoms with van der Waals surface area (Å²) in [7, 11) is 1.54. The van der Waals surface area contributed by atoms with Crippen molar-refractivity contribution in [3.05, 3.63) is 41.7 Å². The number of fused-ring (bicyclic) bond motifs is 1. The van der Waals surface area contributed by atoms with Crippen LogP contribution in [-0.4, -0.2) is 25.8 Å². The molecule has 0 aliphatic carbocycles. The van der Waals surface area contributed by atoms with Crippen LogP contribution in [0.2, 0.25) is 0 Å². The summed E-state index contributed by atoms with van der Waals surface area (Å²) in [5.41, 5.74) is -0.338. The van der Waals surface area contributed by atoms with E-state index in [9.17, 15) is 23.1 Å². The molecule has 2 aromatic heterocycles. The molecule has 0 radical (unpaired) electrons. The summed E-state index contributed by atoms with van der Waals surface area (Å²) in [5.74, 6) is -1.19. The lowest BCUT2D eigenvalue weighted by Crippen LogP contribution is -2.05. The van der Waals surface area contributed by atoms with E-state index >= 15 is 0 Å². The molecule has 0 amide bonds. The molecule has 3 aromatic rings. The van der Waals surface area contributed by atoms with Gasteiger partial charge in [-0.2, -0.15) is 18.3 Å². The minimum absolute atomic E-state index is 0.0687. The molecule has 0 fully saturated rings. The van der Waals surface area contributed by atoms with Crippen LogP contribution >= 0.6 is 0 Å². The number of hydrogen-bond acceptors (Lipinski definition) is 2. The second kappa shape index (κ2) is 4.62. The maximum Gasteiger partial charge on any atom is 0.418 e. The van der Waals surface area contributed by atoms with Crippen molar-refractivity contribution in [2.75, 3.05) is 0 Å². The topological polar surface area (TPSA) is 70.9 Å². The van der Waals surface area contributed by atoms with E-state index in [4.69, 9.17) is 0 Å². The maximum atomic E-state index is 13.0. The van der Waals surface area contributed by atoms with Gasteiger partial charge in [0.2, 0.25) is 0 Å². The van der Waals surface area contributed by atoms with Crippen molar-refractivity contribution in [3.63, 3.8) is 0 Å². The molecule has 2 heterocycles. The highest BCUT2D eigenvalue weighted by Crippen LogP contribution is 2.38. The van der Waals surface area contributed by atoms with Crippen molar-refractivity contribution in [1.29, 1.82) is 0 Å². The number of halogens is 3. The van der Waals surface area contributed by atoms with E-state index in [0.29, 0.717) is 10.9 Å². The molecule has 0 unspecified atom stereocenters. The Bertz CT molecular complexity index is 877. The summed E-state index contributed by atoms with van der Waals surface area (Å²) in [6, 6.07) is 3.78. The first-order valence-corrected chi connectivity index (χ1v) is 6.23. The first kappa shape index (κ1) is 14.2. The molecule has 0 atom stereocenters. The quantitative estimate of drug-likeness (QED) is 0.763. The molecule has 0 aliphatic heterocycles. The van der Waals surface area contributed by atoms with Gasteiger partial charge in [-0.1, -0.05) is 12.1 Å². The van der Waals surface area contributed by atoms with E-state index in [1.807, 2.05) is 0 Å². The number of benzene rings is 1. The van der Waals surface area contributed by atoms with Crippen molar-refractivity contribution in [2.24, 2.45) is 7.05 Å². The number of H-pyrrole nitrogens is 1. The van der Waals surface area contributed by atoms with Gasteiger partial charge in [-0.05, 0) is 6.07 Å². The molecule has 8 heteroatoms. The van der Waals surface area contributed by atoms with Gasteiger partial charge in [-0.15, -0.1) is 0 Å². The third-order valence-corrected chi connectivity index (χ3v) is 3.45. The standard InChI is InChI=1S/C14H10F3N3O2/c1-20-12(9(6-19-20)13(21)22)8-5-18-11-7(8)3-2-4-10(11)14(15,16)17/h2-6,18H,1H3,(H,21,22). The van der Waals surface area contributed by atoms with Crippen LogP contribution in [0.15, 0.2) is 30.6 Å². The summed E-state index contributed by atoms with van der Waals surface area (Å²) >= 11 is 0. The number of aryl methyl sites for hydroxylation is 1. The lowest BCUT2D eigenvalue weighted by atomic mass is 10.0. The monoisotopic (exact) mass is 309 g/mol.